The number of aliphatic hydroxyl groups excluding tert-OH is 8. The van der Waals surface area contributed by atoms with Gasteiger partial charge in [-0.15, -0.1) is 0 Å². The highest BCUT2D eigenvalue weighted by atomic mass is 16.7. The summed E-state index contributed by atoms with van der Waals surface area (Å²) in [6.45, 7) is 2.72. The number of aliphatic hydroxyl groups is 8. The maximum absolute atomic E-state index is 13.4. The summed E-state index contributed by atoms with van der Waals surface area (Å²) in [5, 5.41) is 87.6. The van der Waals surface area contributed by atoms with Gasteiger partial charge in [-0.2, -0.15) is 0 Å². The van der Waals surface area contributed by atoms with Crippen LogP contribution in [0.2, 0.25) is 0 Å². The van der Waals surface area contributed by atoms with E-state index in [9.17, 15) is 45.6 Å². The molecule has 2 fully saturated rings. The van der Waals surface area contributed by atoms with Gasteiger partial charge in [0.25, 0.3) is 0 Å². The molecule has 14 nitrogen and oxygen atoms in total. The van der Waals surface area contributed by atoms with Crippen LogP contribution in [0.1, 0.15) is 322 Å². The van der Waals surface area contributed by atoms with Crippen LogP contribution in [0.4, 0.5) is 0 Å². The molecule has 92 heavy (non-hydrogen) atoms. The van der Waals surface area contributed by atoms with E-state index in [2.05, 4.69) is 79.9 Å². The van der Waals surface area contributed by atoms with E-state index >= 15 is 0 Å². The Bertz CT molecular complexity index is 1820. The quantitative estimate of drug-likeness (QED) is 0.0204. The van der Waals surface area contributed by atoms with Crippen LogP contribution in [0.25, 0.3) is 0 Å². The average Bonchev–Trinajstić information content (AvgIpc) is 0.865. The van der Waals surface area contributed by atoms with Crippen LogP contribution in [0, 0.1) is 0 Å². The fourth-order valence-electron chi connectivity index (χ4n) is 12.4. The highest BCUT2D eigenvalue weighted by molar-refractivity contribution is 5.76. The Morgan fingerprint density at radius 2 is 0.750 bits per heavy atom. The zero-order valence-electron chi connectivity index (χ0n) is 58.5. The van der Waals surface area contributed by atoms with Crippen molar-refractivity contribution in [1.29, 1.82) is 0 Å². The molecule has 12 atom stereocenters. The van der Waals surface area contributed by atoms with Crippen LogP contribution in [-0.4, -0.2) is 140 Å². The number of allylic oxidation sites excluding steroid dienone is 11. The smallest absolute Gasteiger partial charge is 0.220 e. The van der Waals surface area contributed by atoms with Crippen molar-refractivity contribution in [2.45, 2.75) is 396 Å². The maximum atomic E-state index is 13.4. The van der Waals surface area contributed by atoms with Gasteiger partial charge in [0, 0.05) is 6.42 Å². The Morgan fingerprint density at radius 1 is 0.402 bits per heavy atom. The molecule has 12 unspecified atom stereocenters. The first-order valence-electron chi connectivity index (χ1n) is 38.2. The molecular formula is C78H141NO13. The summed E-state index contributed by atoms with van der Waals surface area (Å²) in [7, 11) is 0. The van der Waals surface area contributed by atoms with E-state index in [0.29, 0.717) is 6.42 Å². The molecule has 2 saturated heterocycles. The Morgan fingerprint density at radius 3 is 1.15 bits per heavy atom. The van der Waals surface area contributed by atoms with Crippen molar-refractivity contribution in [3.05, 3.63) is 72.9 Å². The van der Waals surface area contributed by atoms with E-state index in [1.807, 2.05) is 6.08 Å². The van der Waals surface area contributed by atoms with Gasteiger partial charge in [0.05, 0.1) is 32.0 Å². The second kappa shape index (κ2) is 62.0. The minimum absolute atomic E-state index is 0.244. The molecule has 1 amide bonds. The summed E-state index contributed by atoms with van der Waals surface area (Å²) in [6.07, 6.45) is 68.3. The van der Waals surface area contributed by atoms with Gasteiger partial charge in [-0.1, -0.05) is 324 Å². The molecule has 536 valence electrons. The van der Waals surface area contributed by atoms with Gasteiger partial charge in [0.2, 0.25) is 5.91 Å². The molecular weight excluding hydrogens is 1160 g/mol. The van der Waals surface area contributed by atoms with Crippen molar-refractivity contribution < 1.29 is 64.6 Å². The average molecular weight is 1300 g/mol. The van der Waals surface area contributed by atoms with E-state index in [1.54, 1.807) is 6.08 Å². The summed E-state index contributed by atoms with van der Waals surface area (Å²) in [6, 6.07) is -0.924. The third kappa shape index (κ3) is 45.0. The largest absolute Gasteiger partial charge is 0.394 e. The van der Waals surface area contributed by atoms with Crippen LogP contribution in [0.15, 0.2) is 72.9 Å². The number of amides is 1. The van der Waals surface area contributed by atoms with Gasteiger partial charge < -0.3 is 65.1 Å². The third-order valence-corrected chi connectivity index (χ3v) is 18.4. The number of ether oxygens (including phenoxy) is 4. The number of hydrogen-bond donors (Lipinski definition) is 9. The van der Waals surface area contributed by atoms with Crippen molar-refractivity contribution in [3.8, 4) is 0 Å². The number of rotatable bonds is 63. The van der Waals surface area contributed by atoms with Crippen molar-refractivity contribution >= 4 is 5.91 Å². The van der Waals surface area contributed by atoms with Crippen molar-refractivity contribution in [3.63, 3.8) is 0 Å². The molecule has 2 aliphatic heterocycles. The molecule has 2 aliphatic rings. The fourth-order valence-corrected chi connectivity index (χ4v) is 12.4. The normalized spacial score (nSPS) is 23.1. The molecule has 2 heterocycles. The number of hydrogen-bond acceptors (Lipinski definition) is 13. The summed E-state index contributed by atoms with van der Waals surface area (Å²) >= 11 is 0. The molecule has 0 radical (unpaired) electrons. The minimum Gasteiger partial charge on any atom is -0.394 e. The van der Waals surface area contributed by atoms with Gasteiger partial charge >= 0.3 is 0 Å². The third-order valence-electron chi connectivity index (χ3n) is 18.4. The first-order chi connectivity index (χ1) is 45.1. The Balaban J connectivity index is 1.64. The molecule has 0 aromatic carbocycles. The number of unbranched alkanes of at least 4 members (excludes halogenated alkanes) is 40. The Labute approximate surface area is 561 Å². The van der Waals surface area contributed by atoms with E-state index in [-0.39, 0.29) is 18.9 Å². The zero-order valence-corrected chi connectivity index (χ0v) is 58.5. The van der Waals surface area contributed by atoms with Gasteiger partial charge in [-0.05, 0) is 64.2 Å². The Kier molecular flexibility index (Phi) is 57.6. The van der Waals surface area contributed by atoms with Gasteiger partial charge in [0.15, 0.2) is 12.6 Å². The molecule has 0 saturated carbocycles. The highest BCUT2D eigenvalue weighted by Gasteiger charge is 2.51. The number of nitrogens with one attached hydrogen (secondary N) is 1. The van der Waals surface area contributed by atoms with Crippen molar-refractivity contribution in [1.82, 2.24) is 5.32 Å². The predicted octanol–water partition coefficient (Wildman–Crippen LogP) is 16.6. The van der Waals surface area contributed by atoms with Crippen LogP contribution in [-0.2, 0) is 23.7 Å². The molecule has 9 N–H and O–H groups in total. The lowest BCUT2D eigenvalue weighted by Crippen LogP contribution is -2.65. The van der Waals surface area contributed by atoms with Crippen molar-refractivity contribution in [2.75, 3.05) is 19.8 Å². The molecule has 0 aromatic heterocycles. The number of carbonyl (C=O) groups excluding carboxylic acids is 1. The van der Waals surface area contributed by atoms with Crippen LogP contribution in [0.3, 0.4) is 0 Å². The molecule has 0 spiro atoms. The summed E-state index contributed by atoms with van der Waals surface area (Å²) in [5.41, 5.74) is 0. The monoisotopic (exact) mass is 1300 g/mol. The fraction of sp³-hybridized carbons (Fsp3) is 0.833. The highest BCUT2D eigenvalue weighted by Crippen LogP contribution is 2.30. The van der Waals surface area contributed by atoms with Crippen LogP contribution < -0.4 is 5.32 Å². The molecule has 0 aliphatic carbocycles. The zero-order chi connectivity index (χ0) is 66.6. The van der Waals surface area contributed by atoms with Gasteiger partial charge in [-0.25, -0.2) is 0 Å². The predicted molar refractivity (Wildman–Crippen MR) is 378 cm³/mol. The first kappa shape index (κ1) is 85.5. The SMILES string of the molecule is CC/C=C\C/C=C\C/C=C\C/C=C\C/C=C\CCCCCCCCCCCC(=O)NC(COC1OC(CO)C(OC2OC(CO)C(O)C(O)C2O)C(O)C1O)C(O)/C=C/CCCCCCCCCCCCCCCCCCCCCCCCCCCCCCCCC. The van der Waals surface area contributed by atoms with Crippen molar-refractivity contribution in [2.24, 2.45) is 0 Å². The number of carbonyl (C=O) groups is 1. The van der Waals surface area contributed by atoms with Crippen LogP contribution >= 0.6 is 0 Å². The van der Waals surface area contributed by atoms with E-state index in [0.717, 1.165) is 77.0 Å². The summed E-state index contributed by atoms with van der Waals surface area (Å²) in [4.78, 5) is 13.4. The van der Waals surface area contributed by atoms with Gasteiger partial charge in [-0.3, -0.25) is 4.79 Å². The molecule has 0 bridgehead atoms. The summed E-state index contributed by atoms with van der Waals surface area (Å²) < 4.78 is 22.9. The van der Waals surface area contributed by atoms with Crippen LogP contribution in [0.5, 0.6) is 0 Å². The lowest BCUT2D eigenvalue weighted by molar-refractivity contribution is -0.359. The lowest BCUT2D eigenvalue weighted by atomic mass is 9.97. The maximum Gasteiger partial charge on any atom is 0.220 e. The second-order valence-corrected chi connectivity index (χ2v) is 26.8. The standard InChI is InChI=1S/C78H141NO13/c1-3-5-7-9-11-13-15-17-19-21-23-25-27-29-30-31-32-33-34-35-36-38-39-41-43-45-47-49-51-53-55-57-59-61-67(82)66(65-89-77-75(88)73(86)76(69(64-81)91-77)92-78-74(87)72(85)71(84)68(63-80)90-78)79-70(83)62-60-58-56-54-52-50-48-46-44-42-40-37-28-26-24-22-20-18-16-14-12-10-8-6-4-2/h6,8,12,14,18,20,24,26,37,40,59,61,66-69,71-78,80-82,84-88H,3-5,7,9-11,13,15-17,19,21-23,25,27-36,38-39,41-58,60,62-65H2,1-2H3,(H,79,83)/b8-6-,14-12-,20-18-,26-24-,40-37-,61-59+. The van der Waals surface area contributed by atoms with E-state index in [1.165, 1.54) is 218 Å². The second-order valence-electron chi connectivity index (χ2n) is 26.8. The molecule has 0 aromatic rings. The van der Waals surface area contributed by atoms with E-state index < -0.39 is 86.8 Å². The lowest BCUT2D eigenvalue weighted by Gasteiger charge is -2.46. The molecule has 14 heteroatoms. The molecule has 2 rings (SSSR count). The topological polar surface area (TPSA) is 228 Å². The first-order valence-corrected chi connectivity index (χ1v) is 38.2. The van der Waals surface area contributed by atoms with Gasteiger partial charge in [0.1, 0.15) is 48.8 Å². The van der Waals surface area contributed by atoms with E-state index in [4.69, 9.17) is 18.9 Å². The minimum atomic E-state index is -1.79. The Hall–Kier alpha value is -2.57. The summed E-state index contributed by atoms with van der Waals surface area (Å²) in [5.74, 6) is -0.244.